The highest BCUT2D eigenvalue weighted by Crippen LogP contribution is 2.39. The summed E-state index contributed by atoms with van der Waals surface area (Å²) in [7, 11) is -0.559. The summed E-state index contributed by atoms with van der Waals surface area (Å²) < 4.78 is 12.0. The molecule has 2 N–H and O–H groups in total. The van der Waals surface area contributed by atoms with Gasteiger partial charge in [-0.25, -0.2) is 9.59 Å². The van der Waals surface area contributed by atoms with Gasteiger partial charge in [-0.2, -0.15) is 0 Å². The van der Waals surface area contributed by atoms with Crippen molar-refractivity contribution in [3.05, 3.63) is 42.0 Å². The number of aliphatic carboxylic acids is 1. The van der Waals surface area contributed by atoms with Crippen LogP contribution in [0, 0.1) is 0 Å². The number of urea groups is 1. The SMILES string of the molecule is COc1ccc(CN2CCCCCC=CCCC(C(=O)O)NC(=O)C3CC(O[Si](C)(C)C(C)(C)C)C[N+]3C2=O)cc1. The molecular weight excluding hydrogens is 538 g/mol. The third-order valence-electron chi connectivity index (χ3n) is 8.58. The highest BCUT2D eigenvalue weighted by atomic mass is 28.4. The van der Waals surface area contributed by atoms with Crippen molar-refractivity contribution in [2.45, 2.75) is 109 Å². The topological polar surface area (TPSA) is 111 Å². The van der Waals surface area contributed by atoms with Gasteiger partial charge in [-0.3, -0.25) is 9.69 Å². The number of fused-ring (bicyclic) bond motifs is 1. The van der Waals surface area contributed by atoms with E-state index in [1.807, 2.05) is 35.2 Å². The number of ether oxygens (including phenoxy) is 1. The van der Waals surface area contributed by atoms with Crippen molar-refractivity contribution in [3.63, 3.8) is 0 Å². The molecule has 1 aromatic rings. The van der Waals surface area contributed by atoms with E-state index in [-0.39, 0.29) is 17.2 Å². The summed E-state index contributed by atoms with van der Waals surface area (Å²) in [6.07, 6.45) is 8.70. The molecule has 3 rings (SSSR count). The fraction of sp³-hybridized carbons (Fsp3) is 0.645. The molecule has 9 nitrogen and oxygen atoms in total. The summed E-state index contributed by atoms with van der Waals surface area (Å²) in [4.78, 5) is 43.3. The molecule has 3 amide bonds. The Hall–Kier alpha value is -2.69. The van der Waals surface area contributed by atoms with Gasteiger partial charge in [0.2, 0.25) is 6.04 Å². The normalized spacial score (nSPS) is 24.1. The number of amides is 3. The first-order valence-electron chi connectivity index (χ1n) is 14.9. The molecule has 3 atom stereocenters. The predicted molar refractivity (Wildman–Crippen MR) is 163 cm³/mol. The molecule has 0 spiro atoms. The number of allylic oxidation sites excluding steroid dienone is 2. The largest absolute Gasteiger partial charge is 0.497 e. The molecule has 0 aliphatic carbocycles. The Balaban J connectivity index is 1.92. The smallest absolute Gasteiger partial charge is 0.468 e. The van der Waals surface area contributed by atoms with Gasteiger partial charge >= 0.3 is 12.0 Å². The van der Waals surface area contributed by atoms with Crippen LogP contribution in [0.1, 0.15) is 71.3 Å². The highest BCUT2D eigenvalue weighted by Gasteiger charge is 2.54. The van der Waals surface area contributed by atoms with Gasteiger partial charge in [-0.15, -0.1) is 0 Å². The third-order valence-corrected chi connectivity index (χ3v) is 13.1. The first-order valence-corrected chi connectivity index (χ1v) is 17.8. The van der Waals surface area contributed by atoms with Gasteiger partial charge in [0, 0.05) is 13.0 Å². The lowest BCUT2D eigenvalue weighted by atomic mass is 10.1. The van der Waals surface area contributed by atoms with E-state index in [0.717, 1.165) is 37.0 Å². The summed E-state index contributed by atoms with van der Waals surface area (Å²) in [5, 5.41) is 12.5. The van der Waals surface area contributed by atoms with E-state index in [9.17, 15) is 19.5 Å². The van der Waals surface area contributed by atoms with Gasteiger partial charge in [-0.1, -0.05) is 56.4 Å². The number of rotatable bonds is 6. The molecule has 0 saturated carbocycles. The second-order valence-electron chi connectivity index (χ2n) is 12.8. The average Bonchev–Trinajstić information content (AvgIpc) is 3.32. The van der Waals surface area contributed by atoms with E-state index in [1.54, 1.807) is 12.0 Å². The summed E-state index contributed by atoms with van der Waals surface area (Å²) in [6.45, 7) is 12.1. The first kappa shape index (κ1) is 32.8. The van der Waals surface area contributed by atoms with E-state index in [0.29, 0.717) is 38.9 Å². The number of nitrogens with one attached hydrogen (secondary N) is 1. The lowest BCUT2D eigenvalue weighted by Crippen LogP contribution is -2.56. The molecule has 1 aromatic carbocycles. The Kier molecular flexibility index (Phi) is 11.6. The van der Waals surface area contributed by atoms with Crippen LogP contribution in [-0.2, 0) is 20.6 Å². The lowest BCUT2D eigenvalue weighted by molar-refractivity contribution is -0.142. The van der Waals surface area contributed by atoms with Crippen LogP contribution in [0.5, 0.6) is 5.75 Å². The number of hydrogen-bond acceptors (Lipinski definition) is 5. The number of carbonyl (C=O) groups is 3. The second-order valence-corrected chi connectivity index (χ2v) is 17.5. The van der Waals surface area contributed by atoms with Crippen LogP contribution in [0.4, 0.5) is 4.79 Å². The standard InChI is InChI=1S/C31H49N3O6Si/c1-31(2,3)41(5,6)40-25-20-27-28(35)32-26(29(36)37)14-12-10-8-7-9-11-13-19-33(30(38)34(27)22-25)21-23-15-17-24(39-4)18-16-23/h8,10,15-18,25-27H,7,9,11-14,19-22H2,1-6H3,(H,32,35)(H,36,37)/q+1. The van der Waals surface area contributed by atoms with Crippen molar-refractivity contribution in [2.24, 2.45) is 0 Å². The number of hydrogen-bond donors (Lipinski definition) is 2. The fourth-order valence-electron chi connectivity index (χ4n) is 5.08. The Morgan fingerprint density at radius 2 is 1.78 bits per heavy atom. The number of carboxylic acid groups (broad SMARTS) is 1. The Bertz CT molecular complexity index is 1070. The van der Waals surface area contributed by atoms with Crippen molar-refractivity contribution in [3.8, 4) is 5.75 Å². The minimum absolute atomic E-state index is 0.0310. The van der Waals surface area contributed by atoms with Gasteiger partial charge in [0.05, 0.1) is 13.7 Å². The number of methoxy groups -OCH3 is 1. The molecule has 2 aliphatic rings. The fourth-order valence-corrected chi connectivity index (χ4v) is 6.43. The first-order chi connectivity index (χ1) is 19.3. The molecule has 1 radical (unpaired) electrons. The number of carbonyl (C=O) groups excluding carboxylic acids is 2. The maximum atomic E-state index is 14.2. The molecule has 3 unspecified atom stereocenters. The quantitative estimate of drug-likeness (QED) is 0.262. The molecule has 2 aliphatic heterocycles. The zero-order chi connectivity index (χ0) is 30.2. The molecule has 10 heteroatoms. The van der Waals surface area contributed by atoms with Crippen LogP contribution in [0.2, 0.25) is 18.1 Å². The minimum Gasteiger partial charge on any atom is -0.497 e. The Labute approximate surface area is 246 Å². The molecule has 1 saturated heterocycles. The number of benzene rings is 1. The van der Waals surface area contributed by atoms with Gasteiger partial charge in [0.1, 0.15) is 17.9 Å². The van der Waals surface area contributed by atoms with Gasteiger partial charge < -0.3 is 19.6 Å². The van der Waals surface area contributed by atoms with E-state index in [2.05, 4.69) is 45.3 Å². The van der Waals surface area contributed by atoms with Crippen molar-refractivity contribution in [2.75, 3.05) is 20.2 Å². The summed E-state index contributed by atoms with van der Waals surface area (Å²) >= 11 is 0. The van der Waals surface area contributed by atoms with Crippen LogP contribution in [0.25, 0.3) is 0 Å². The van der Waals surface area contributed by atoms with Crippen LogP contribution in [0.15, 0.2) is 36.4 Å². The molecule has 1 fully saturated rings. The van der Waals surface area contributed by atoms with Crippen LogP contribution >= 0.6 is 0 Å². The van der Waals surface area contributed by atoms with E-state index < -0.39 is 32.3 Å². The minimum atomic E-state index is -2.18. The molecule has 41 heavy (non-hydrogen) atoms. The highest BCUT2D eigenvalue weighted by molar-refractivity contribution is 6.74. The summed E-state index contributed by atoms with van der Waals surface area (Å²) in [6, 6.07) is 5.61. The molecule has 0 bridgehead atoms. The Morgan fingerprint density at radius 3 is 2.41 bits per heavy atom. The predicted octanol–water partition coefficient (Wildman–Crippen LogP) is 5.40. The van der Waals surface area contributed by atoms with Crippen LogP contribution < -0.4 is 15.0 Å². The number of nitrogens with zero attached hydrogens (tertiary/aromatic N) is 2. The summed E-state index contributed by atoms with van der Waals surface area (Å²) in [5.74, 6) is -0.762. The van der Waals surface area contributed by atoms with Crippen LogP contribution in [0.3, 0.4) is 0 Å². The van der Waals surface area contributed by atoms with Crippen molar-refractivity contribution in [1.82, 2.24) is 15.1 Å². The van der Waals surface area contributed by atoms with Gasteiger partial charge in [0.25, 0.3) is 5.91 Å². The van der Waals surface area contributed by atoms with Crippen molar-refractivity contribution in [1.29, 1.82) is 0 Å². The molecule has 2 heterocycles. The van der Waals surface area contributed by atoms with Crippen molar-refractivity contribution < 1.29 is 28.7 Å². The summed E-state index contributed by atoms with van der Waals surface area (Å²) in [5.41, 5.74) is 0.969. The molecule has 227 valence electrons. The van der Waals surface area contributed by atoms with Gasteiger partial charge in [-0.05, 0) is 67.9 Å². The third kappa shape index (κ3) is 9.15. The van der Waals surface area contributed by atoms with E-state index in [4.69, 9.17) is 9.16 Å². The second kappa shape index (κ2) is 14.5. The Morgan fingerprint density at radius 1 is 1.10 bits per heavy atom. The molecular formula is C31H49N3O6Si+. The van der Waals surface area contributed by atoms with Crippen molar-refractivity contribution >= 4 is 26.2 Å². The number of carboxylic acids is 1. The van der Waals surface area contributed by atoms with E-state index in [1.165, 1.54) is 0 Å². The lowest BCUT2D eigenvalue weighted by Gasteiger charge is -2.37. The maximum Gasteiger partial charge on any atom is 0.468 e. The van der Waals surface area contributed by atoms with Gasteiger partial charge in [0.15, 0.2) is 14.9 Å². The average molecular weight is 588 g/mol. The zero-order valence-corrected chi connectivity index (χ0v) is 26.7. The maximum absolute atomic E-state index is 14.2. The molecule has 0 aromatic heterocycles. The monoisotopic (exact) mass is 587 g/mol. The zero-order valence-electron chi connectivity index (χ0n) is 25.7. The van der Waals surface area contributed by atoms with E-state index >= 15 is 0 Å². The van der Waals surface area contributed by atoms with Crippen LogP contribution in [-0.4, -0.2) is 74.6 Å².